The number of tetrazole rings is 1. The molecule has 2 heterocycles. The first-order chi connectivity index (χ1) is 13.6. The van der Waals surface area contributed by atoms with Crippen LogP contribution in [0.4, 0.5) is 5.95 Å². The molecule has 28 heavy (non-hydrogen) atoms. The summed E-state index contributed by atoms with van der Waals surface area (Å²) in [5.41, 5.74) is 4.25. The molecule has 0 radical (unpaired) electrons. The second kappa shape index (κ2) is 7.34. The Kier molecular flexibility index (Phi) is 4.73. The van der Waals surface area contributed by atoms with Crippen LogP contribution in [0.25, 0.3) is 5.70 Å². The fraction of sp³-hybridized carbons (Fsp3) is 0.286. The topological polar surface area (TPSA) is 74.1 Å². The zero-order valence-electron chi connectivity index (χ0n) is 16.4. The Morgan fingerprint density at radius 1 is 1.04 bits per heavy atom. The van der Waals surface area contributed by atoms with E-state index in [1.54, 1.807) is 18.9 Å². The zero-order chi connectivity index (χ0) is 19.7. The molecule has 144 valence electrons. The van der Waals surface area contributed by atoms with Crippen molar-refractivity contribution in [3.8, 4) is 11.5 Å². The lowest BCUT2D eigenvalue weighted by atomic mass is 9.98. The minimum Gasteiger partial charge on any atom is -0.493 e. The molecule has 1 aliphatic heterocycles. The first-order valence-electron chi connectivity index (χ1n) is 9.20. The Labute approximate surface area is 164 Å². The third kappa shape index (κ3) is 3.09. The Balaban J connectivity index is 1.81. The molecule has 4 rings (SSSR count). The van der Waals surface area contributed by atoms with Gasteiger partial charge in [0.25, 0.3) is 0 Å². The van der Waals surface area contributed by atoms with Crippen LogP contribution in [0.5, 0.6) is 11.5 Å². The van der Waals surface area contributed by atoms with Gasteiger partial charge in [-0.2, -0.15) is 4.68 Å². The number of nitrogens with zero attached hydrogens (tertiary/aromatic N) is 4. The highest BCUT2D eigenvalue weighted by Crippen LogP contribution is 2.40. The van der Waals surface area contributed by atoms with Crippen molar-refractivity contribution in [2.75, 3.05) is 19.5 Å². The minimum atomic E-state index is -0.226. The average molecular weight is 377 g/mol. The van der Waals surface area contributed by atoms with Gasteiger partial charge in [-0.1, -0.05) is 55.3 Å². The molecule has 1 atom stereocenters. The van der Waals surface area contributed by atoms with Gasteiger partial charge in [0.2, 0.25) is 5.95 Å². The van der Waals surface area contributed by atoms with Crippen LogP contribution >= 0.6 is 0 Å². The summed E-state index contributed by atoms with van der Waals surface area (Å²) in [5.74, 6) is 2.41. The van der Waals surface area contributed by atoms with E-state index in [0.29, 0.717) is 23.4 Å². The number of nitrogens with one attached hydrogen (secondary N) is 1. The van der Waals surface area contributed by atoms with Crippen LogP contribution in [-0.4, -0.2) is 34.4 Å². The molecular formula is C21H23N5O2. The molecule has 1 N–H and O–H groups in total. The Morgan fingerprint density at radius 3 is 2.50 bits per heavy atom. The van der Waals surface area contributed by atoms with Gasteiger partial charge in [-0.15, -0.1) is 0 Å². The van der Waals surface area contributed by atoms with Crippen molar-refractivity contribution in [2.45, 2.75) is 25.8 Å². The van der Waals surface area contributed by atoms with E-state index in [2.05, 4.69) is 65.0 Å². The molecule has 7 heteroatoms. The number of ether oxygens (including phenoxy) is 2. The highest BCUT2D eigenvalue weighted by molar-refractivity contribution is 5.77. The van der Waals surface area contributed by atoms with Crippen LogP contribution in [-0.2, 0) is 0 Å². The molecular weight excluding hydrogens is 354 g/mol. The summed E-state index contributed by atoms with van der Waals surface area (Å²) in [6, 6.07) is 14.1. The van der Waals surface area contributed by atoms with Gasteiger partial charge >= 0.3 is 0 Å². The van der Waals surface area contributed by atoms with E-state index in [1.807, 2.05) is 18.2 Å². The van der Waals surface area contributed by atoms with E-state index in [9.17, 15) is 0 Å². The standard InChI is InChI=1S/C21H23N5O2/c1-13(2)14-8-10-15(11-9-14)17-12-18(26-21(22-17)23-24-25-26)16-6-5-7-19(27-3)20(16)28-4/h5-13,18H,1-4H3,(H,22,23,25). The maximum Gasteiger partial charge on any atom is 0.248 e. The first kappa shape index (κ1) is 18.0. The van der Waals surface area contributed by atoms with Gasteiger partial charge in [0.1, 0.15) is 6.04 Å². The van der Waals surface area contributed by atoms with Crippen molar-refractivity contribution in [3.63, 3.8) is 0 Å². The van der Waals surface area contributed by atoms with Crippen LogP contribution < -0.4 is 14.8 Å². The van der Waals surface area contributed by atoms with Crippen molar-refractivity contribution < 1.29 is 9.47 Å². The second-order valence-electron chi connectivity index (χ2n) is 6.96. The van der Waals surface area contributed by atoms with Crippen molar-refractivity contribution in [2.24, 2.45) is 0 Å². The number of fused-ring (bicyclic) bond motifs is 1. The van der Waals surface area contributed by atoms with Gasteiger partial charge in [0, 0.05) is 11.3 Å². The average Bonchev–Trinajstić information content (AvgIpc) is 3.21. The van der Waals surface area contributed by atoms with Gasteiger partial charge in [0.05, 0.1) is 14.2 Å². The number of anilines is 1. The van der Waals surface area contributed by atoms with Gasteiger partial charge in [0.15, 0.2) is 11.5 Å². The van der Waals surface area contributed by atoms with Crippen molar-refractivity contribution in [1.29, 1.82) is 0 Å². The van der Waals surface area contributed by atoms with E-state index in [4.69, 9.17) is 9.47 Å². The normalized spacial score (nSPS) is 15.6. The predicted molar refractivity (Wildman–Crippen MR) is 108 cm³/mol. The number of methoxy groups -OCH3 is 2. The molecule has 1 unspecified atom stereocenters. The van der Waals surface area contributed by atoms with Gasteiger partial charge in [-0.05, 0) is 39.6 Å². The molecule has 0 amide bonds. The molecule has 0 saturated carbocycles. The van der Waals surface area contributed by atoms with Crippen LogP contribution in [0, 0.1) is 0 Å². The monoisotopic (exact) mass is 377 g/mol. The molecule has 0 fully saturated rings. The number of benzene rings is 2. The van der Waals surface area contributed by atoms with Gasteiger partial charge < -0.3 is 14.8 Å². The summed E-state index contributed by atoms with van der Waals surface area (Å²) in [6.07, 6.45) is 2.10. The second-order valence-corrected chi connectivity index (χ2v) is 6.96. The third-order valence-corrected chi connectivity index (χ3v) is 4.97. The highest BCUT2D eigenvalue weighted by atomic mass is 16.5. The van der Waals surface area contributed by atoms with Crippen LogP contribution in [0.1, 0.15) is 42.5 Å². The number of hydrogen-bond acceptors (Lipinski definition) is 6. The highest BCUT2D eigenvalue weighted by Gasteiger charge is 2.27. The van der Waals surface area contributed by atoms with Gasteiger partial charge in [-0.25, -0.2) is 0 Å². The molecule has 3 aromatic rings. The predicted octanol–water partition coefficient (Wildman–Crippen LogP) is 3.87. The van der Waals surface area contributed by atoms with Crippen LogP contribution in [0.3, 0.4) is 0 Å². The Hall–Kier alpha value is -3.35. The van der Waals surface area contributed by atoms with E-state index in [-0.39, 0.29) is 6.04 Å². The lowest BCUT2D eigenvalue weighted by molar-refractivity contribution is 0.348. The van der Waals surface area contributed by atoms with E-state index < -0.39 is 0 Å². The molecule has 1 aromatic heterocycles. The molecule has 7 nitrogen and oxygen atoms in total. The molecule has 2 aromatic carbocycles. The lowest BCUT2D eigenvalue weighted by Gasteiger charge is -2.25. The fourth-order valence-corrected chi connectivity index (χ4v) is 3.44. The van der Waals surface area contributed by atoms with Crippen molar-refractivity contribution >= 4 is 11.6 Å². The molecule has 0 aliphatic carbocycles. The summed E-state index contributed by atoms with van der Waals surface area (Å²) in [5, 5.41) is 15.5. The quantitative estimate of drug-likeness (QED) is 0.728. The van der Waals surface area contributed by atoms with Crippen LogP contribution in [0.15, 0.2) is 48.5 Å². The third-order valence-electron chi connectivity index (χ3n) is 4.97. The number of hydrogen-bond donors (Lipinski definition) is 1. The Bertz CT molecular complexity index is 1010. The summed E-state index contributed by atoms with van der Waals surface area (Å²) < 4.78 is 12.8. The molecule has 0 spiro atoms. The number of para-hydroxylation sites is 1. The van der Waals surface area contributed by atoms with Gasteiger partial charge in [-0.3, -0.25) is 0 Å². The summed E-state index contributed by atoms with van der Waals surface area (Å²) >= 11 is 0. The minimum absolute atomic E-state index is 0.226. The lowest BCUT2D eigenvalue weighted by Crippen LogP contribution is -2.21. The number of rotatable bonds is 5. The van der Waals surface area contributed by atoms with Crippen molar-refractivity contribution in [1.82, 2.24) is 20.2 Å². The maximum absolute atomic E-state index is 5.64. The van der Waals surface area contributed by atoms with Crippen molar-refractivity contribution in [3.05, 3.63) is 65.2 Å². The number of allylic oxidation sites excluding steroid dienone is 1. The molecule has 0 bridgehead atoms. The summed E-state index contributed by atoms with van der Waals surface area (Å²) in [6.45, 7) is 4.37. The SMILES string of the molecule is COc1cccc(C2C=C(c3ccc(C(C)C)cc3)Nc3nnnn32)c1OC. The Morgan fingerprint density at radius 2 is 1.82 bits per heavy atom. The largest absolute Gasteiger partial charge is 0.493 e. The summed E-state index contributed by atoms with van der Waals surface area (Å²) in [7, 11) is 3.27. The van der Waals surface area contributed by atoms with E-state index in [1.165, 1.54) is 5.56 Å². The summed E-state index contributed by atoms with van der Waals surface area (Å²) in [4.78, 5) is 0. The first-order valence-corrected chi connectivity index (χ1v) is 9.20. The van der Waals surface area contributed by atoms with Crippen LogP contribution in [0.2, 0.25) is 0 Å². The molecule has 0 saturated heterocycles. The zero-order valence-corrected chi connectivity index (χ0v) is 16.4. The molecule has 1 aliphatic rings. The van der Waals surface area contributed by atoms with E-state index >= 15 is 0 Å². The smallest absolute Gasteiger partial charge is 0.248 e. The fourth-order valence-electron chi connectivity index (χ4n) is 3.44. The maximum atomic E-state index is 5.64. The number of aromatic nitrogens is 4. The van der Waals surface area contributed by atoms with E-state index in [0.717, 1.165) is 16.8 Å².